The fourth-order valence-electron chi connectivity index (χ4n) is 1.13. The van der Waals surface area contributed by atoms with Crippen molar-refractivity contribution in [1.82, 2.24) is 0 Å². The van der Waals surface area contributed by atoms with Crippen molar-refractivity contribution < 1.29 is 0 Å². The molecule has 0 aromatic carbocycles. The minimum Gasteiger partial charge on any atom is -0.657 e. The Morgan fingerprint density at radius 1 is 0.522 bits per heavy atom. The van der Waals surface area contributed by atoms with Gasteiger partial charge in [0.2, 0.25) is 0 Å². The first-order valence-electron chi connectivity index (χ1n) is 8.91. The molecule has 0 radical (unpaired) electrons. The van der Waals surface area contributed by atoms with Crippen molar-refractivity contribution in [2.24, 2.45) is 10.8 Å². The average molecular weight is 337 g/mol. The van der Waals surface area contributed by atoms with E-state index in [9.17, 15) is 0 Å². The van der Waals surface area contributed by atoms with Crippen molar-refractivity contribution >= 4 is 23.1 Å². The molecule has 0 bridgehead atoms. The summed E-state index contributed by atoms with van der Waals surface area (Å²) in [5.41, 5.74) is 1.03. The van der Waals surface area contributed by atoms with Crippen molar-refractivity contribution in [2.75, 3.05) is 13.1 Å². The van der Waals surface area contributed by atoms with Gasteiger partial charge in [-0.2, -0.15) is 0 Å². The van der Waals surface area contributed by atoms with Crippen LogP contribution in [-0.2, 0) is 0 Å². The van der Waals surface area contributed by atoms with Gasteiger partial charge in [-0.15, -0.1) is 24.2 Å². The summed E-state index contributed by atoms with van der Waals surface area (Å²) < 4.78 is 0. The van der Waals surface area contributed by atoms with Gasteiger partial charge in [-0.1, -0.05) is 107 Å². The topological polar surface area (TPSA) is 28.2 Å². The normalized spacial score (nSPS) is 13.0. The third-order valence-corrected chi connectivity index (χ3v) is 3.69. The fourth-order valence-corrected chi connectivity index (χ4v) is 1.13. The molecule has 0 aromatic heterocycles. The smallest absolute Gasteiger partial charge is 0.657 e. The molecule has 0 aliphatic rings. The summed E-state index contributed by atoms with van der Waals surface area (Å²) in [7, 11) is 0. The van der Waals surface area contributed by atoms with Gasteiger partial charge >= 0.3 is 23.1 Å². The van der Waals surface area contributed by atoms with Crippen molar-refractivity contribution in [3.63, 3.8) is 0 Å². The molecular formula is C20H44MgN2. The quantitative estimate of drug-likeness (QED) is 0.477. The van der Waals surface area contributed by atoms with E-state index in [1.807, 2.05) is 0 Å². The molecular weight excluding hydrogens is 293 g/mol. The molecule has 0 saturated heterocycles. The van der Waals surface area contributed by atoms with Crippen LogP contribution in [0.25, 0.3) is 10.6 Å². The van der Waals surface area contributed by atoms with E-state index in [0.717, 1.165) is 25.9 Å². The third kappa shape index (κ3) is 22.7. The monoisotopic (exact) mass is 336 g/mol. The second kappa shape index (κ2) is 11.3. The summed E-state index contributed by atoms with van der Waals surface area (Å²) in [4.78, 5) is 0. The largest absolute Gasteiger partial charge is 2.00 e. The van der Waals surface area contributed by atoms with E-state index in [2.05, 4.69) is 93.7 Å². The van der Waals surface area contributed by atoms with Gasteiger partial charge in [0.15, 0.2) is 0 Å². The zero-order valence-electron chi connectivity index (χ0n) is 18.4. The second-order valence-electron chi connectivity index (χ2n) is 10.1. The predicted molar refractivity (Wildman–Crippen MR) is 110 cm³/mol. The Bertz CT molecular complexity index is 253. The van der Waals surface area contributed by atoms with Crippen LogP contribution in [0.5, 0.6) is 0 Å². The Balaban J connectivity index is -0.000000333. The number of hydrogen-bond acceptors (Lipinski definition) is 0. The van der Waals surface area contributed by atoms with Gasteiger partial charge in [0, 0.05) is 0 Å². The van der Waals surface area contributed by atoms with E-state index in [0.29, 0.717) is 10.8 Å². The molecule has 0 aliphatic carbocycles. The van der Waals surface area contributed by atoms with Crippen molar-refractivity contribution in [1.29, 1.82) is 0 Å². The van der Waals surface area contributed by atoms with Crippen LogP contribution in [0.4, 0.5) is 0 Å². The van der Waals surface area contributed by atoms with Crippen LogP contribution in [-0.4, -0.2) is 47.2 Å². The van der Waals surface area contributed by atoms with Gasteiger partial charge < -0.3 is 10.6 Å². The molecule has 136 valence electrons. The maximum absolute atomic E-state index is 4.65. The number of hydrogen-bond donors (Lipinski definition) is 0. The first-order valence-corrected chi connectivity index (χ1v) is 8.91. The molecule has 0 unspecified atom stereocenters. The number of nitrogens with zero attached hydrogens (tertiary/aromatic N) is 2. The van der Waals surface area contributed by atoms with Gasteiger partial charge in [-0.05, 0) is 0 Å². The summed E-state index contributed by atoms with van der Waals surface area (Å²) in [5, 5.41) is 9.29. The van der Waals surface area contributed by atoms with Crippen LogP contribution in [0, 0.1) is 10.8 Å². The Labute approximate surface area is 164 Å². The van der Waals surface area contributed by atoms with Crippen LogP contribution < -0.4 is 0 Å². The molecule has 23 heavy (non-hydrogen) atoms. The molecule has 0 heterocycles. The minimum atomic E-state index is 0. The standard InChI is InChI=1S/2C10H22N.Mg/c2*1-7-10(5,6)11-8-9(2,3)4;/h2*7-8H2,1-6H3;/q2*-1;+2. The minimum absolute atomic E-state index is 0. The van der Waals surface area contributed by atoms with Crippen LogP contribution in [0.3, 0.4) is 0 Å². The van der Waals surface area contributed by atoms with Crippen molar-refractivity contribution in [2.45, 2.75) is 107 Å². The summed E-state index contributed by atoms with van der Waals surface area (Å²) in [6, 6.07) is 0. The van der Waals surface area contributed by atoms with Crippen molar-refractivity contribution in [3.8, 4) is 0 Å². The van der Waals surface area contributed by atoms with E-state index < -0.39 is 0 Å². The maximum Gasteiger partial charge on any atom is 2.00 e. The van der Waals surface area contributed by atoms with Gasteiger partial charge in [0.05, 0.1) is 0 Å². The Morgan fingerprint density at radius 2 is 0.739 bits per heavy atom. The Hall–Kier alpha value is 0.686. The second-order valence-corrected chi connectivity index (χ2v) is 10.1. The molecule has 0 fully saturated rings. The average Bonchev–Trinajstić information content (AvgIpc) is 2.34. The van der Waals surface area contributed by atoms with E-state index >= 15 is 0 Å². The molecule has 0 saturated carbocycles. The predicted octanol–water partition coefficient (Wildman–Crippen LogP) is 6.81. The SMILES string of the molecule is CCC(C)(C)[N-]CC(C)(C)C.CCC(C)(C)[N-]CC(C)(C)C.[Mg+2]. The zero-order valence-corrected chi connectivity index (χ0v) is 19.8. The van der Waals surface area contributed by atoms with Gasteiger partial charge in [-0.25, -0.2) is 0 Å². The molecule has 0 aromatic rings. The first kappa shape index (κ1) is 28.5. The maximum atomic E-state index is 4.65. The van der Waals surface area contributed by atoms with Crippen LogP contribution >= 0.6 is 0 Å². The van der Waals surface area contributed by atoms with Crippen LogP contribution in [0.2, 0.25) is 0 Å². The van der Waals surface area contributed by atoms with Gasteiger partial charge in [0.25, 0.3) is 0 Å². The van der Waals surface area contributed by atoms with E-state index in [-0.39, 0.29) is 34.1 Å². The molecule has 0 aliphatic heterocycles. The molecule has 0 rings (SSSR count). The summed E-state index contributed by atoms with van der Waals surface area (Å²) >= 11 is 0. The number of rotatable bonds is 6. The van der Waals surface area contributed by atoms with E-state index in [1.54, 1.807) is 0 Å². The van der Waals surface area contributed by atoms with Crippen molar-refractivity contribution in [3.05, 3.63) is 10.6 Å². The van der Waals surface area contributed by atoms with E-state index in [4.69, 9.17) is 0 Å². The molecule has 3 heteroatoms. The zero-order chi connectivity index (χ0) is 18.2. The van der Waals surface area contributed by atoms with Gasteiger partial charge in [-0.3, -0.25) is 0 Å². The van der Waals surface area contributed by atoms with Gasteiger partial charge in [0.1, 0.15) is 0 Å². The summed E-state index contributed by atoms with van der Waals surface area (Å²) in [5.74, 6) is 0. The molecule has 0 atom stereocenters. The summed E-state index contributed by atoms with van der Waals surface area (Å²) in [6.07, 6.45) is 2.26. The molecule has 0 spiro atoms. The Morgan fingerprint density at radius 3 is 0.870 bits per heavy atom. The summed E-state index contributed by atoms with van der Waals surface area (Å²) in [6.45, 7) is 28.4. The molecule has 0 amide bonds. The fraction of sp³-hybridized carbons (Fsp3) is 1.00. The van der Waals surface area contributed by atoms with E-state index in [1.165, 1.54) is 0 Å². The van der Waals surface area contributed by atoms with Crippen LogP contribution in [0.15, 0.2) is 0 Å². The molecule has 2 nitrogen and oxygen atoms in total. The molecule has 0 N–H and O–H groups in total. The van der Waals surface area contributed by atoms with Crippen LogP contribution in [0.1, 0.15) is 95.9 Å². The first-order chi connectivity index (χ1) is 9.54. The third-order valence-electron chi connectivity index (χ3n) is 3.69. The Kier molecular flexibility index (Phi) is 14.0.